The molecule has 0 bridgehead atoms. The van der Waals surface area contributed by atoms with Crippen molar-refractivity contribution >= 4 is 5.91 Å². The molecule has 0 saturated carbocycles. The molecule has 15 heavy (non-hydrogen) atoms. The minimum Gasteiger partial charge on any atom is -0.349 e. The summed E-state index contributed by atoms with van der Waals surface area (Å²) in [5.74, 6) is 0.0926. The molecule has 0 rings (SSSR count). The van der Waals surface area contributed by atoms with Gasteiger partial charge in [0.25, 0.3) is 0 Å². The summed E-state index contributed by atoms with van der Waals surface area (Å²) in [6.45, 7) is 5.75. The summed E-state index contributed by atoms with van der Waals surface area (Å²) in [5.41, 5.74) is 0. The number of nitrogens with one attached hydrogen (secondary N) is 1. The zero-order chi connectivity index (χ0) is 13.0. The second-order valence-electron chi connectivity index (χ2n) is 4.20. The van der Waals surface area contributed by atoms with E-state index in [4.69, 9.17) is 0 Å². The topological polar surface area (TPSA) is 35.6 Å². The Labute approximate surface area is 95.6 Å². The summed E-state index contributed by atoms with van der Waals surface area (Å²) in [6, 6.07) is 0.634. The Morgan fingerprint density at radius 3 is 1.20 bits per heavy atom. The monoisotopic (exact) mass is 219 g/mol. The Morgan fingerprint density at radius 2 is 1.20 bits per heavy atom. The van der Waals surface area contributed by atoms with Crippen molar-refractivity contribution in [3.8, 4) is 0 Å². The third kappa shape index (κ3) is 59.8. The number of nitrogens with zero attached hydrogens (tertiary/aromatic N) is 2. The predicted molar refractivity (Wildman–Crippen MR) is 68.2 cm³/mol. The third-order valence-electron chi connectivity index (χ3n) is 1.21. The van der Waals surface area contributed by atoms with Gasteiger partial charge in [-0.05, 0) is 28.2 Å². The fraction of sp³-hybridized carbons (Fsp3) is 0.909. The lowest BCUT2D eigenvalue weighted by molar-refractivity contribution is -0.126. The van der Waals surface area contributed by atoms with Crippen molar-refractivity contribution < 1.29 is 4.79 Å². The quantitative estimate of drug-likeness (QED) is 0.711. The van der Waals surface area contributed by atoms with Crippen molar-refractivity contribution in [1.29, 1.82) is 0 Å². The van der Waals surface area contributed by atoms with Gasteiger partial charge >= 0.3 is 0 Å². The molecule has 0 aromatic heterocycles. The maximum Gasteiger partial charge on any atom is 0.218 e. The number of hydrogen-bond acceptors (Lipinski definition) is 3. The van der Waals surface area contributed by atoms with Crippen molar-refractivity contribution in [3.63, 3.8) is 0 Å². The fourth-order valence-corrected chi connectivity index (χ4v) is 0. The molecule has 0 saturated heterocycles. The second-order valence-corrected chi connectivity index (χ2v) is 4.20. The summed E-state index contributed by atoms with van der Waals surface area (Å²) in [7, 11) is 11.4. The number of amides is 1. The van der Waals surface area contributed by atoms with Gasteiger partial charge in [-0.25, -0.2) is 0 Å². The molecule has 4 heteroatoms. The van der Waals surface area contributed by atoms with E-state index in [1.54, 1.807) is 14.1 Å². The van der Waals surface area contributed by atoms with E-state index in [1.165, 1.54) is 11.8 Å². The van der Waals surface area contributed by atoms with E-state index in [9.17, 15) is 4.79 Å². The predicted octanol–water partition coefficient (Wildman–Crippen LogP) is 0.887. The summed E-state index contributed by atoms with van der Waals surface area (Å²) >= 11 is 0. The first-order valence-corrected chi connectivity index (χ1v) is 5.11. The zero-order valence-corrected chi connectivity index (χ0v) is 11.9. The Bertz CT molecular complexity index is 131. The first-order valence-electron chi connectivity index (χ1n) is 5.11. The van der Waals surface area contributed by atoms with Gasteiger partial charge in [0.15, 0.2) is 0 Å². The van der Waals surface area contributed by atoms with Crippen molar-refractivity contribution in [2.24, 2.45) is 0 Å². The molecular weight excluding hydrogens is 190 g/mol. The zero-order valence-electron chi connectivity index (χ0n) is 11.9. The van der Waals surface area contributed by atoms with E-state index >= 15 is 0 Å². The van der Waals surface area contributed by atoms with Gasteiger partial charge in [-0.3, -0.25) is 4.79 Å². The van der Waals surface area contributed by atoms with Crippen molar-refractivity contribution in [2.45, 2.75) is 26.8 Å². The Kier molecular flexibility index (Phi) is 17.8. The maximum absolute atomic E-state index is 10.1. The summed E-state index contributed by atoms with van der Waals surface area (Å²) in [5, 5.41) is 3.03. The number of carbonyl (C=O) groups excluding carboxylic acids is 1. The van der Waals surface area contributed by atoms with E-state index in [0.29, 0.717) is 6.04 Å². The van der Waals surface area contributed by atoms with Gasteiger partial charge in [0.05, 0.1) is 0 Å². The highest BCUT2D eigenvalue weighted by molar-refractivity contribution is 5.72. The first-order chi connectivity index (χ1) is 6.64. The Hall–Kier alpha value is -0.610. The van der Waals surface area contributed by atoms with Crippen molar-refractivity contribution in [2.75, 3.05) is 42.3 Å². The first kappa shape index (κ1) is 19.9. The smallest absolute Gasteiger partial charge is 0.218 e. The van der Waals surface area contributed by atoms with Gasteiger partial charge in [0.1, 0.15) is 0 Å². The van der Waals surface area contributed by atoms with Crippen LogP contribution in [0.4, 0.5) is 0 Å². The van der Waals surface area contributed by atoms with Crippen LogP contribution in [0.25, 0.3) is 0 Å². The van der Waals surface area contributed by atoms with E-state index in [2.05, 4.69) is 19.2 Å². The fourth-order valence-electron chi connectivity index (χ4n) is 0. The minimum absolute atomic E-state index is 0.0926. The molecule has 0 aromatic carbocycles. The summed E-state index contributed by atoms with van der Waals surface area (Å²) < 4.78 is 0. The number of rotatable bonds is 1. The second kappa shape index (κ2) is 13.4. The van der Waals surface area contributed by atoms with Gasteiger partial charge in [0.2, 0.25) is 5.91 Å². The average Bonchev–Trinajstić information content (AvgIpc) is 2.04. The lowest BCUT2D eigenvalue weighted by atomic mass is 10.4. The van der Waals surface area contributed by atoms with Crippen molar-refractivity contribution in [3.05, 3.63) is 0 Å². The molecule has 0 aliphatic heterocycles. The largest absolute Gasteiger partial charge is 0.349 e. The van der Waals surface area contributed by atoms with E-state index < -0.39 is 0 Å². The standard InChI is InChI=1S/C4H9NO.C4H11N.C3H9N/c1-4(6)5(2)3;1-4(2)5-3;1-4(2)3/h1-3H3;4-5H,1-3H3;1-3H3. The van der Waals surface area contributed by atoms with E-state index in [0.717, 1.165) is 0 Å². The lowest BCUT2D eigenvalue weighted by Crippen LogP contribution is -2.17. The highest BCUT2D eigenvalue weighted by atomic mass is 16.2. The number of carbonyl (C=O) groups is 1. The van der Waals surface area contributed by atoms with Crippen LogP contribution in [0.2, 0.25) is 0 Å². The average molecular weight is 219 g/mol. The van der Waals surface area contributed by atoms with Gasteiger partial charge in [-0.2, -0.15) is 0 Å². The minimum atomic E-state index is 0.0926. The SMILES string of the molecule is CC(=O)N(C)C.CN(C)C.CNC(C)C. The molecule has 0 heterocycles. The summed E-state index contributed by atoms with van der Waals surface area (Å²) in [6.07, 6.45) is 0. The van der Waals surface area contributed by atoms with Crippen LogP contribution in [0, 0.1) is 0 Å². The lowest BCUT2D eigenvalue weighted by Gasteiger charge is -2.02. The number of hydrogen-bond donors (Lipinski definition) is 1. The van der Waals surface area contributed by atoms with Gasteiger partial charge in [-0.1, -0.05) is 13.8 Å². The molecule has 0 fully saturated rings. The van der Waals surface area contributed by atoms with Crippen LogP contribution < -0.4 is 5.32 Å². The van der Waals surface area contributed by atoms with Crippen LogP contribution in [0.1, 0.15) is 20.8 Å². The molecule has 0 atom stereocenters. The van der Waals surface area contributed by atoms with Gasteiger partial charge < -0.3 is 15.1 Å². The van der Waals surface area contributed by atoms with Gasteiger partial charge in [0, 0.05) is 27.1 Å². The summed E-state index contributed by atoms with van der Waals surface area (Å²) in [4.78, 5) is 13.6. The van der Waals surface area contributed by atoms with Crippen molar-refractivity contribution in [1.82, 2.24) is 15.1 Å². The molecule has 0 unspecified atom stereocenters. The van der Waals surface area contributed by atoms with E-state index in [1.807, 2.05) is 33.1 Å². The molecule has 0 aliphatic rings. The molecule has 94 valence electrons. The maximum atomic E-state index is 10.1. The highest BCUT2D eigenvalue weighted by Gasteiger charge is 1.87. The highest BCUT2D eigenvalue weighted by Crippen LogP contribution is 1.69. The molecule has 0 radical (unpaired) electrons. The third-order valence-corrected chi connectivity index (χ3v) is 1.21. The van der Waals surface area contributed by atoms with Crippen LogP contribution >= 0.6 is 0 Å². The Morgan fingerprint density at radius 1 is 1.07 bits per heavy atom. The molecular formula is C11H29N3O. The van der Waals surface area contributed by atoms with Crippen LogP contribution in [0.3, 0.4) is 0 Å². The van der Waals surface area contributed by atoms with Crippen LogP contribution in [0.5, 0.6) is 0 Å². The van der Waals surface area contributed by atoms with E-state index in [-0.39, 0.29) is 5.91 Å². The van der Waals surface area contributed by atoms with Crippen LogP contribution in [0.15, 0.2) is 0 Å². The van der Waals surface area contributed by atoms with Crippen LogP contribution in [-0.4, -0.2) is 64.0 Å². The van der Waals surface area contributed by atoms with Gasteiger partial charge in [-0.15, -0.1) is 0 Å². The molecule has 1 amide bonds. The Balaban J connectivity index is -0.000000147. The molecule has 0 spiro atoms. The molecule has 4 nitrogen and oxygen atoms in total. The molecule has 1 N–H and O–H groups in total. The molecule has 0 aliphatic carbocycles. The van der Waals surface area contributed by atoms with Crippen LogP contribution in [-0.2, 0) is 4.79 Å². The normalized spacial score (nSPS) is 8.73. The molecule has 0 aromatic rings.